The average Bonchev–Trinajstić information content (AvgIpc) is 2.20. The highest BCUT2D eigenvalue weighted by molar-refractivity contribution is 6.30. The first-order valence-electron chi connectivity index (χ1n) is 6.70. The molecular weight excluding hydrogens is 247 g/mol. The molecule has 0 spiro atoms. The molecule has 0 saturated heterocycles. The van der Waals surface area contributed by atoms with Crippen LogP contribution in [0.4, 0.5) is 4.39 Å². The lowest BCUT2D eigenvalue weighted by Crippen LogP contribution is -2.14. The van der Waals surface area contributed by atoms with Crippen molar-refractivity contribution in [2.24, 2.45) is 5.92 Å². The Kier molecular flexibility index (Phi) is 5.21. The van der Waals surface area contributed by atoms with Crippen molar-refractivity contribution in [3.8, 4) is 0 Å². The van der Waals surface area contributed by atoms with E-state index in [1.54, 1.807) is 6.07 Å². The van der Waals surface area contributed by atoms with Gasteiger partial charge in [0.25, 0.3) is 0 Å². The quantitative estimate of drug-likeness (QED) is 0.653. The molecule has 1 aromatic rings. The standard InChI is InChI=1S/C16H24ClF/c1-11(2)7-6-8-12-9-13(16(3,4)5)15(18)14(17)10-12/h9-11H,6-8H2,1-5H3. The van der Waals surface area contributed by atoms with Crippen molar-refractivity contribution in [3.63, 3.8) is 0 Å². The highest BCUT2D eigenvalue weighted by Gasteiger charge is 2.21. The van der Waals surface area contributed by atoms with Crippen LogP contribution in [-0.2, 0) is 11.8 Å². The van der Waals surface area contributed by atoms with E-state index in [9.17, 15) is 4.39 Å². The van der Waals surface area contributed by atoms with E-state index < -0.39 is 0 Å². The smallest absolute Gasteiger partial charge is 0.145 e. The van der Waals surface area contributed by atoms with Crippen LogP contribution in [0.2, 0.25) is 5.02 Å². The second kappa shape index (κ2) is 6.06. The predicted molar refractivity (Wildman–Crippen MR) is 77.9 cm³/mol. The lowest BCUT2D eigenvalue weighted by atomic mass is 9.85. The Balaban J connectivity index is 2.91. The minimum atomic E-state index is -0.267. The van der Waals surface area contributed by atoms with Gasteiger partial charge in [-0.2, -0.15) is 0 Å². The third kappa shape index (κ3) is 4.28. The van der Waals surface area contributed by atoms with Gasteiger partial charge in [0.15, 0.2) is 0 Å². The maximum absolute atomic E-state index is 14.0. The molecular formula is C16H24ClF. The first-order valence-corrected chi connectivity index (χ1v) is 7.08. The summed E-state index contributed by atoms with van der Waals surface area (Å²) in [6, 6.07) is 3.74. The second-order valence-electron chi connectivity index (χ2n) is 6.48. The fraction of sp³-hybridized carbons (Fsp3) is 0.625. The molecule has 0 heterocycles. The molecule has 0 saturated carbocycles. The van der Waals surface area contributed by atoms with Gasteiger partial charge in [-0.15, -0.1) is 0 Å². The summed E-state index contributed by atoms with van der Waals surface area (Å²) in [5.41, 5.74) is 1.66. The molecule has 0 aliphatic carbocycles. The molecule has 0 aliphatic rings. The zero-order chi connectivity index (χ0) is 13.9. The van der Waals surface area contributed by atoms with Gasteiger partial charge in [0.2, 0.25) is 0 Å². The summed E-state index contributed by atoms with van der Waals surface area (Å²) in [7, 11) is 0. The van der Waals surface area contributed by atoms with Crippen LogP contribution in [0.3, 0.4) is 0 Å². The monoisotopic (exact) mass is 270 g/mol. The maximum atomic E-state index is 14.0. The van der Waals surface area contributed by atoms with E-state index in [4.69, 9.17) is 11.6 Å². The molecule has 0 N–H and O–H groups in total. The van der Waals surface area contributed by atoms with Gasteiger partial charge >= 0.3 is 0 Å². The Bertz CT molecular complexity index is 402. The number of hydrogen-bond donors (Lipinski definition) is 0. The summed E-state index contributed by atoms with van der Waals surface area (Å²) in [4.78, 5) is 0. The average molecular weight is 271 g/mol. The van der Waals surface area contributed by atoms with Crippen LogP contribution in [0.1, 0.15) is 58.6 Å². The fourth-order valence-corrected chi connectivity index (χ4v) is 2.29. The van der Waals surface area contributed by atoms with Crippen molar-refractivity contribution in [1.29, 1.82) is 0 Å². The maximum Gasteiger partial charge on any atom is 0.145 e. The molecule has 0 atom stereocenters. The van der Waals surface area contributed by atoms with Crippen molar-refractivity contribution in [2.75, 3.05) is 0 Å². The van der Waals surface area contributed by atoms with Crippen molar-refractivity contribution in [3.05, 3.63) is 34.1 Å². The van der Waals surface area contributed by atoms with Gasteiger partial charge in [0.05, 0.1) is 5.02 Å². The Morgan fingerprint density at radius 2 is 1.83 bits per heavy atom. The molecule has 0 nitrogen and oxygen atoms in total. The minimum Gasteiger partial charge on any atom is -0.205 e. The molecule has 0 aliphatic heterocycles. The third-order valence-corrected chi connectivity index (χ3v) is 3.42. The Morgan fingerprint density at radius 1 is 1.22 bits per heavy atom. The minimum absolute atomic E-state index is 0.207. The van der Waals surface area contributed by atoms with Crippen LogP contribution in [0.5, 0.6) is 0 Å². The van der Waals surface area contributed by atoms with Crippen LogP contribution in [-0.4, -0.2) is 0 Å². The van der Waals surface area contributed by atoms with E-state index in [1.165, 1.54) is 6.42 Å². The molecule has 0 aromatic heterocycles. The van der Waals surface area contributed by atoms with E-state index >= 15 is 0 Å². The Morgan fingerprint density at radius 3 is 2.33 bits per heavy atom. The third-order valence-electron chi connectivity index (χ3n) is 3.14. The highest BCUT2D eigenvalue weighted by atomic mass is 35.5. The normalized spacial score (nSPS) is 12.2. The number of rotatable bonds is 4. The van der Waals surface area contributed by atoms with Crippen LogP contribution >= 0.6 is 11.6 Å². The number of aryl methyl sites for hydroxylation is 1. The van der Waals surface area contributed by atoms with Crippen LogP contribution in [0.15, 0.2) is 12.1 Å². The van der Waals surface area contributed by atoms with Gasteiger partial charge in [-0.3, -0.25) is 0 Å². The van der Waals surface area contributed by atoms with Crippen LogP contribution < -0.4 is 0 Å². The van der Waals surface area contributed by atoms with E-state index in [2.05, 4.69) is 13.8 Å². The van der Waals surface area contributed by atoms with E-state index in [0.717, 1.165) is 24.0 Å². The molecule has 1 rings (SSSR count). The molecule has 0 unspecified atom stereocenters. The van der Waals surface area contributed by atoms with Crippen molar-refractivity contribution in [2.45, 2.75) is 59.3 Å². The fourth-order valence-electron chi connectivity index (χ4n) is 2.05. The second-order valence-corrected chi connectivity index (χ2v) is 6.88. The number of halogens is 2. The molecule has 2 heteroatoms. The molecule has 102 valence electrons. The molecule has 0 radical (unpaired) electrons. The van der Waals surface area contributed by atoms with Crippen LogP contribution in [0.25, 0.3) is 0 Å². The Labute approximate surface area is 116 Å². The van der Waals surface area contributed by atoms with Gasteiger partial charge in [-0.1, -0.05) is 58.7 Å². The van der Waals surface area contributed by atoms with Gasteiger partial charge in [-0.25, -0.2) is 4.39 Å². The summed E-state index contributed by atoms with van der Waals surface area (Å²) in [5, 5.41) is 0.252. The summed E-state index contributed by atoms with van der Waals surface area (Å²) in [6.07, 6.45) is 3.30. The van der Waals surface area contributed by atoms with Crippen LogP contribution in [0, 0.1) is 11.7 Å². The van der Waals surface area contributed by atoms with Crippen molar-refractivity contribution < 1.29 is 4.39 Å². The van der Waals surface area contributed by atoms with E-state index in [1.807, 2.05) is 26.8 Å². The lowest BCUT2D eigenvalue weighted by Gasteiger charge is -2.21. The van der Waals surface area contributed by atoms with Gasteiger partial charge in [-0.05, 0) is 41.4 Å². The molecule has 1 aromatic carbocycles. The SMILES string of the molecule is CC(C)CCCc1cc(Cl)c(F)c(C(C)(C)C)c1. The first-order chi connectivity index (χ1) is 8.21. The summed E-state index contributed by atoms with van der Waals surface area (Å²) in [5.74, 6) is 0.444. The van der Waals surface area contributed by atoms with E-state index in [-0.39, 0.29) is 16.3 Å². The van der Waals surface area contributed by atoms with Crippen molar-refractivity contribution in [1.82, 2.24) is 0 Å². The number of hydrogen-bond acceptors (Lipinski definition) is 0. The zero-order valence-electron chi connectivity index (χ0n) is 12.1. The number of benzene rings is 1. The summed E-state index contributed by atoms with van der Waals surface area (Å²) in [6.45, 7) is 10.5. The lowest BCUT2D eigenvalue weighted by molar-refractivity contribution is 0.520. The molecule has 0 amide bonds. The molecule has 0 fully saturated rings. The summed E-state index contributed by atoms with van der Waals surface area (Å²) < 4.78 is 14.0. The van der Waals surface area contributed by atoms with Gasteiger partial charge in [0.1, 0.15) is 5.82 Å². The van der Waals surface area contributed by atoms with Gasteiger partial charge < -0.3 is 0 Å². The topological polar surface area (TPSA) is 0 Å². The Hall–Kier alpha value is -0.560. The highest BCUT2D eigenvalue weighted by Crippen LogP contribution is 2.31. The molecule has 18 heavy (non-hydrogen) atoms. The molecule has 0 bridgehead atoms. The largest absolute Gasteiger partial charge is 0.205 e. The van der Waals surface area contributed by atoms with Gasteiger partial charge in [0, 0.05) is 0 Å². The van der Waals surface area contributed by atoms with E-state index in [0.29, 0.717) is 5.92 Å². The zero-order valence-corrected chi connectivity index (χ0v) is 12.9. The first kappa shape index (κ1) is 15.5. The predicted octanol–water partition coefficient (Wildman–Crippen LogP) is 5.76. The summed E-state index contributed by atoms with van der Waals surface area (Å²) >= 11 is 5.99. The van der Waals surface area contributed by atoms with Crippen molar-refractivity contribution >= 4 is 11.6 Å².